The number of hydrogen-bond acceptors (Lipinski definition) is 5. The third-order valence-electron chi connectivity index (χ3n) is 4.69. The number of carbonyl (C=O) groups excluding carboxylic acids is 1. The fourth-order valence-corrected chi connectivity index (χ4v) is 3.13. The number of carbonyl (C=O) groups is 1. The number of nitrogens with zero attached hydrogens (tertiary/aromatic N) is 2. The molecule has 4 N–H and O–H groups in total. The Bertz CT molecular complexity index is 969. The molecule has 0 saturated carbocycles. The van der Waals surface area contributed by atoms with Crippen LogP contribution in [-0.4, -0.2) is 22.9 Å². The molecule has 0 fully saturated rings. The second-order valence-corrected chi connectivity index (χ2v) is 6.94. The van der Waals surface area contributed by atoms with Crippen LogP contribution >= 0.6 is 0 Å². The Morgan fingerprint density at radius 2 is 1.76 bits per heavy atom. The van der Waals surface area contributed by atoms with Gasteiger partial charge in [-0.15, -0.1) is 0 Å². The van der Waals surface area contributed by atoms with Crippen molar-refractivity contribution in [3.63, 3.8) is 0 Å². The normalized spacial score (nSPS) is 10.7. The second kappa shape index (κ2) is 9.80. The molecule has 0 aliphatic heterocycles. The van der Waals surface area contributed by atoms with Crippen LogP contribution in [0.5, 0.6) is 0 Å². The number of benzene rings is 2. The quantitative estimate of drug-likeness (QED) is 0.549. The number of amides is 1. The molecule has 150 valence electrons. The lowest BCUT2D eigenvalue weighted by Gasteiger charge is -2.09. The van der Waals surface area contributed by atoms with Gasteiger partial charge in [0.15, 0.2) is 11.5 Å². The smallest absolute Gasteiger partial charge is 0.273 e. The maximum atomic E-state index is 11.9. The lowest BCUT2D eigenvalue weighted by Crippen LogP contribution is -2.21. The number of nitrogens with two attached hydrogens (primary N) is 1. The minimum atomic E-state index is -0.348. The van der Waals surface area contributed by atoms with Gasteiger partial charge in [0.1, 0.15) is 0 Å². The van der Waals surface area contributed by atoms with Crippen LogP contribution in [0.25, 0.3) is 11.3 Å². The fraction of sp³-hybridized carbons (Fsp3) is 0.261. The number of anilines is 1. The van der Waals surface area contributed by atoms with Crippen molar-refractivity contribution in [2.75, 3.05) is 12.8 Å². The summed E-state index contributed by atoms with van der Waals surface area (Å²) in [6, 6.07) is 16.8. The maximum absolute atomic E-state index is 11.9. The monoisotopic (exact) mass is 389 g/mol. The Morgan fingerprint density at radius 1 is 1.03 bits per heavy atom. The van der Waals surface area contributed by atoms with Gasteiger partial charge in [0.25, 0.3) is 5.91 Å². The van der Waals surface area contributed by atoms with Gasteiger partial charge < -0.3 is 16.4 Å². The molecule has 1 amide bonds. The van der Waals surface area contributed by atoms with Gasteiger partial charge in [0, 0.05) is 25.7 Å². The lowest BCUT2D eigenvalue weighted by molar-refractivity contribution is 0.0959. The summed E-state index contributed by atoms with van der Waals surface area (Å²) in [6.45, 7) is 3.73. The Hall–Kier alpha value is -3.25. The first-order valence-corrected chi connectivity index (χ1v) is 9.83. The van der Waals surface area contributed by atoms with E-state index in [1.165, 1.54) is 11.1 Å². The summed E-state index contributed by atoms with van der Waals surface area (Å²) in [5, 5.41) is 6.01. The lowest BCUT2D eigenvalue weighted by atomic mass is 10.1. The molecule has 6 heteroatoms. The Labute approximate surface area is 171 Å². The van der Waals surface area contributed by atoms with Gasteiger partial charge in [-0.05, 0) is 29.2 Å². The predicted molar refractivity (Wildman–Crippen MR) is 116 cm³/mol. The van der Waals surface area contributed by atoms with Crippen LogP contribution in [0.2, 0.25) is 0 Å². The van der Waals surface area contributed by atoms with E-state index in [9.17, 15) is 4.79 Å². The standard InChI is InChI=1S/C23H27N5O/c1-3-5-16-8-10-17(11-9-16)13-26-14-18-6-4-7-19(12-18)20-15-27-22(24)21(28-20)23(29)25-2/h4,6-12,15,26H,3,5,13-14H2,1-2H3,(H2,24,27)(H,25,29). The summed E-state index contributed by atoms with van der Waals surface area (Å²) in [4.78, 5) is 20.4. The van der Waals surface area contributed by atoms with E-state index >= 15 is 0 Å². The van der Waals surface area contributed by atoms with Crippen LogP contribution in [0.1, 0.15) is 40.5 Å². The van der Waals surface area contributed by atoms with Crippen molar-refractivity contribution in [2.24, 2.45) is 0 Å². The van der Waals surface area contributed by atoms with Crippen molar-refractivity contribution in [1.82, 2.24) is 20.6 Å². The molecule has 6 nitrogen and oxygen atoms in total. The van der Waals surface area contributed by atoms with Gasteiger partial charge in [-0.25, -0.2) is 9.97 Å². The van der Waals surface area contributed by atoms with Gasteiger partial charge in [-0.3, -0.25) is 4.79 Å². The molecule has 0 saturated heterocycles. The van der Waals surface area contributed by atoms with Gasteiger partial charge in [0.05, 0.1) is 11.9 Å². The largest absolute Gasteiger partial charge is 0.382 e. The van der Waals surface area contributed by atoms with Crippen LogP contribution in [0.15, 0.2) is 54.7 Å². The number of hydrogen-bond donors (Lipinski definition) is 3. The van der Waals surface area contributed by atoms with E-state index in [-0.39, 0.29) is 17.4 Å². The summed E-state index contributed by atoms with van der Waals surface area (Å²) in [7, 11) is 1.54. The molecule has 29 heavy (non-hydrogen) atoms. The molecule has 0 spiro atoms. The molecule has 1 heterocycles. The first-order valence-electron chi connectivity index (χ1n) is 9.83. The summed E-state index contributed by atoms with van der Waals surface area (Å²) >= 11 is 0. The van der Waals surface area contributed by atoms with E-state index in [1.807, 2.05) is 18.2 Å². The molecule has 0 aliphatic carbocycles. The molecule has 3 rings (SSSR count). The molecule has 0 atom stereocenters. The van der Waals surface area contributed by atoms with E-state index in [0.717, 1.165) is 37.1 Å². The first-order chi connectivity index (χ1) is 14.1. The molecule has 3 aromatic rings. The molecule has 0 aliphatic rings. The van der Waals surface area contributed by atoms with Crippen molar-refractivity contribution in [2.45, 2.75) is 32.9 Å². The Kier molecular flexibility index (Phi) is 6.92. The van der Waals surface area contributed by atoms with Crippen molar-refractivity contribution < 1.29 is 4.79 Å². The highest BCUT2D eigenvalue weighted by Gasteiger charge is 2.13. The highest BCUT2D eigenvalue weighted by molar-refractivity contribution is 5.96. The van der Waals surface area contributed by atoms with Crippen molar-refractivity contribution >= 4 is 11.7 Å². The molecular formula is C23H27N5O. The van der Waals surface area contributed by atoms with E-state index in [4.69, 9.17) is 5.73 Å². The Balaban J connectivity index is 1.66. The number of nitrogen functional groups attached to an aromatic ring is 1. The number of nitrogens with one attached hydrogen (secondary N) is 2. The summed E-state index contributed by atoms with van der Waals surface area (Å²) in [5.41, 5.74) is 11.2. The van der Waals surface area contributed by atoms with Crippen molar-refractivity contribution in [3.8, 4) is 11.3 Å². The molecule has 2 aromatic carbocycles. The van der Waals surface area contributed by atoms with E-state index in [1.54, 1.807) is 13.2 Å². The van der Waals surface area contributed by atoms with Crippen LogP contribution in [0.4, 0.5) is 5.82 Å². The Morgan fingerprint density at radius 3 is 2.48 bits per heavy atom. The van der Waals surface area contributed by atoms with E-state index in [0.29, 0.717) is 5.69 Å². The summed E-state index contributed by atoms with van der Waals surface area (Å²) < 4.78 is 0. The van der Waals surface area contributed by atoms with E-state index < -0.39 is 0 Å². The molecule has 1 aromatic heterocycles. The minimum Gasteiger partial charge on any atom is -0.382 e. The van der Waals surface area contributed by atoms with E-state index in [2.05, 4.69) is 57.9 Å². The maximum Gasteiger partial charge on any atom is 0.273 e. The minimum absolute atomic E-state index is 0.121. The van der Waals surface area contributed by atoms with Crippen LogP contribution in [0, 0.1) is 0 Å². The first kappa shape index (κ1) is 20.5. The zero-order chi connectivity index (χ0) is 20.6. The van der Waals surface area contributed by atoms with Gasteiger partial charge >= 0.3 is 0 Å². The third kappa shape index (κ3) is 5.39. The average molecular weight is 390 g/mol. The van der Waals surface area contributed by atoms with Crippen molar-refractivity contribution in [3.05, 3.63) is 77.1 Å². The highest BCUT2D eigenvalue weighted by atomic mass is 16.1. The molecule has 0 radical (unpaired) electrons. The summed E-state index contributed by atoms with van der Waals surface area (Å²) in [6.07, 6.45) is 3.87. The topological polar surface area (TPSA) is 92.9 Å². The third-order valence-corrected chi connectivity index (χ3v) is 4.69. The van der Waals surface area contributed by atoms with Gasteiger partial charge in [-0.1, -0.05) is 55.8 Å². The van der Waals surface area contributed by atoms with Gasteiger partial charge in [-0.2, -0.15) is 0 Å². The van der Waals surface area contributed by atoms with Crippen LogP contribution < -0.4 is 16.4 Å². The average Bonchev–Trinajstić information content (AvgIpc) is 2.75. The zero-order valence-electron chi connectivity index (χ0n) is 16.9. The molecule has 0 bridgehead atoms. The van der Waals surface area contributed by atoms with Crippen LogP contribution in [-0.2, 0) is 19.5 Å². The molecule has 0 unspecified atom stereocenters. The van der Waals surface area contributed by atoms with Crippen LogP contribution in [0.3, 0.4) is 0 Å². The fourth-order valence-electron chi connectivity index (χ4n) is 3.13. The number of aryl methyl sites for hydroxylation is 1. The highest BCUT2D eigenvalue weighted by Crippen LogP contribution is 2.20. The SMILES string of the molecule is CCCc1ccc(CNCc2cccc(-c3cnc(N)c(C(=O)NC)n3)c2)cc1. The zero-order valence-corrected chi connectivity index (χ0v) is 16.9. The second-order valence-electron chi connectivity index (χ2n) is 6.94. The van der Waals surface area contributed by atoms with Gasteiger partial charge in [0.2, 0.25) is 0 Å². The number of aromatic nitrogens is 2. The summed E-state index contributed by atoms with van der Waals surface area (Å²) in [5.74, 6) is -0.226. The molecular weight excluding hydrogens is 362 g/mol. The van der Waals surface area contributed by atoms with Crippen molar-refractivity contribution in [1.29, 1.82) is 0 Å². The predicted octanol–water partition coefficient (Wildman–Crippen LogP) is 3.33. The number of rotatable bonds is 8.